The van der Waals surface area contributed by atoms with E-state index in [9.17, 15) is 0 Å². The first-order chi connectivity index (χ1) is 9.26. The molecule has 0 saturated heterocycles. The molecular formula is C15H11Cl2NO. The van der Waals surface area contributed by atoms with Crippen LogP contribution in [-0.4, -0.2) is 0 Å². The number of hydrogen-bond donors (Lipinski definition) is 0. The number of nitrogens with zero attached hydrogens (tertiary/aromatic N) is 1. The molecule has 0 aliphatic heterocycles. The van der Waals surface area contributed by atoms with Crippen LogP contribution in [0.2, 0.25) is 5.02 Å². The molecule has 0 aliphatic carbocycles. The Balaban J connectivity index is 2.22. The number of alkyl halides is 1. The number of para-hydroxylation sites is 1. The maximum atomic E-state index is 9.02. The highest BCUT2D eigenvalue weighted by Gasteiger charge is 2.09. The Hall–Kier alpha value is -1.69. The Kier molecular flexibility index (Phi) is 4.68. The van der Waals surface area contributed by atoms with E-state index in [2.05, 4.69) is 6.07 Å². The summed E-state index contributed by atoms with van der Waals surface area (Å²) in [6, 6.07) is 14.9. The molecule has 0 fully saturated rings. The lowest BCUT2D eigenvalue weighted by atomic mass is 10.1. The summed E-state index contributed by atoms with van der Waals surface area (Å²) in [4.78, 5) is 0. The molecule has 2 aromatic carbocycles. The summed E-state index contributed by atoms with van der Waals surface area (Å²) in [6.45, 7) is 0.289. The van der Waals surface area contributed by atoms with Crippen LogP contribution in [0.15, 0.2) is 42.5 Å². The Morgan fingerprint density at radius 1 is 1.05 bits per heavy atom. The van der Waals surface area contributed by atoms with E-state index in [0.29, 0.717) is 22.2 Å². The molecule has 2 rings (SSSR count). The van der Waals surface area contributed by atoms with Gasteiger partial charge in [0, 0.05) is 11.1 Å². The van der Waals surface area contributed by atoms with Crippen molar-refractivity contribution >= 4 is 23.2 Å². The van der Waals surface area contributed by atoms with Crippen LogP contribution in [0.5, 0.6) is 5.75 Å². The second-order valence-corrected chi connectivity index (χ2v) is 4.59. The molecule has 0 heterocycles. The summed E-state index contributed by atoms with van der Waals surface area (Å²) >= 11 is 12.0. The Morgan fingerprint density at radius 2 is 1.79 bits per heavy atom. The zero-order valence-corrected chi connectivity index (χ0v) is 11.6. The van der Waals surface area contributed by atoms with E-state index in [0.717, 1.165) is 11.1 Å². The van der Waals surface area contributed by atoms with Crippen LogP contribution < -0.4 is 4.74 Å². The average Bonchev–Trinajstić information content (AvgIpc) is 2.46. The van der Waals surface area contributed by atoms with E-state index in [1.165, 1.54) is 0 Å². The molecule has 4 heteroatoms. The highest BCUT2D eigenvalue weighted by molar-refractivity contribution is 6.32. The van der Waals surface area contributed by atoms with Gasteiger partial charge in [-0.25, -0.2) is 0 Å². The van der Waals surface area contributed by atoms with Crippen LogP contribution in [0.4, 0.5) is 0 Å². The number of rotatable bonds is 4. The molecule has 0 amide bonds. The highest BCUT2D eigenvalue weighted by Crippen LogP contribution is 2.30. The van der Waals surface area contributed by atoms with Gasteiger partial charge in [-0.3, -0.25) is 0 Å². The van der Waals surface area contributed by atoms with Gasteiger partial charge in [-0.1, -0.05) is 41.9 Å². The van der Waals surface area contributed by atoms with Gasteiger partial charge in [0.1, 0.15) is 12.4 Å². The van der Waals surface area contributed by atoms with Crippen molar-refractivity contribution in [3.05, 3.63) is 64.2 Å². The number of nitriles is 1. The molecular weight excluding hydrogens is 281 g/mol. The van der Waals surface area contributed by atoms with E-state index >= 15 is 0 Å². The largest absolute Gasteiger partial charge is 0.487 e. The lowest BCUT2D eigenvalue weighted by Gasteiger charge is -2.12. The predicted octanol–water partition coefficient (Wildman–Crippen LogP) is 4.53. The van der Waals surface area contributed by atoms with E-state index in [1.807, 2.05) is 30.3 Å². The van der Waals surface area contributed by atoms with Crippen LogP contribution in [0, 0.1) is 11.3 Å². The first-order valence-corrected chi connectivity index (χ1v) is 6.61. The first kappa shape index (κ1) is 13.7. The number of halogens is 2. The molecule has 2 aromatic rings. The maximum absolute atomic E-state index is 9.02. The zero-order chi connectivity index (χ0) is 13.7. The van der Waals surface area contributed by atoms with Crippen molar-refractivity contribution in [3.8, 4) is 11.8 Å². The van der Waals surface area contributed by atoms with Gasteiger partial charge < -0.3 is 4.74 Å². The van der Waals surface area contributed by atoms with Crippen molar-refractivity contribution in [2.24, 2.45) is 0 Å². The second-order valence-electron chi connectivity index (χ2n) is 3.92. The molecule has 0 unspecified atom stereocenters. The van der Waals surface area contributed by atoms with Crippen molar-refractivity contribution in [1.82, 2.24) is 0 Å². The fourth-order valence-electron chi connectivity index (χ4n) is 1.73. The predicted molar refractivity (Wildman–Crippen MR) is 76.5 cm³/mol. The molecule has 19 heavy (non-hydrogen) atoms. The Bertz CT molecular complexity index is 620. The number of ether oxygens (including phenoxy) is 1. The standard InChI is InChI=1S/C15H11Cl2NO/c16-8-11-6-3-7-14(17)15(11)19-10-13-5-2-1-4-12(13)9-18/h1-7H,8,10H2. The minimum Gasteiger partial charge on any atom is -0.487 e. The fraction of sp³-hybridized carbons (Fsp3) is 0.133. The molecule has 0 N–H and O–H groups in total. The third-order valence-electron chi connectivity index (χ3n) is 2.70. The van der Waals surface area contributed by atoms with Crippen molar-refractivity contribution in [3.63, 3.8) is 0 Å². The lowest BCUT2D eigenvalue weighted by Crippen LogP contribution is -2.00. The smallest absolute Gasteiger partial charge is 0.142 e. The van der Waals surface area contributed by atoms with Gasteiger partial charge in [-0.2, -0.15) is 5.26 Å². The van der Waals surface area contributed by atoms with Gasteiger partial charge in [0.15, 0.2) is 0 Å². The van der Waals surface area contributed by atoms with Gasteiger partial charge >= 0.3 is 0 Å². The second kappa shape index (κ2) is 6.47. The zero-order valence-electron chi connectivity index (χ0n) is 10.1. The Morgan fingerprint density at radius 3 is 2.53 bits per heavy atom. The van der Waals surface area contributed by atoms with Gasteiger partial charge in [-0.05, 0) is 12.1 Å². The summed E-state index contributed by atoms with van der Waals surface area (Å²) in [5.74, 6) is 0.905. The number of hydrogen-bond acceptors (Lipinski definition) is 2. The maximum Gasteiger partial charge on any atom is 0.142 e. The van der Waals surface area contributed by atoms with Gasteiger partial charge in [0.2, 0.25) is 0 Å². The van der Waals surface area contributed by atoms with Crippen LogP contribution in [0.3, 0.4) is 0 Å². The average molecular weight is 292 g/mol. The molecule has 96 valence electrons. The highest BCUT2D eigenvalue weighted by atomic mass is 35.5. The Labute approximate surface area is 122 Å². The molecule has 0 bridgehead atoms. The van der Waals surface area contributed by atoms with Crippen LogP contribution >= 0.6 is 23.2 Å². The molecule has 0 spiro atoms. The van der Waals surface area contributed by atoms with Gasteiger partial charge in [-0.15, -0.1) is 11.6 Å². The van der Waals surface area contributed by atoms with Crippen molar-refractivity contribution in [2.75, 3.05) is 0 Å². The fourth-order valence-corrected chi connectivity index (χ4v) is 2.18. The van der Waals surface area contributed by atoms with Crippen LogP contribution in [0.1, 0.15) is 16.7 Å². The molecule has 0 saturated carbocycles. The topological polar surface area (TPSA) is 33.0 Å². The minimum atomic E-state index is 0.289. The van der Waals surface area contributed by atoms with E-state index in [-0.39, 0.29) is 6.61 Å². The van der Waals surface area contributed by atoms with E-state index in [1.54, 1.807) is 12.1 Å². The summed E-state index contributed by atoms with van der Waals surface area (Å²) < 4.78 is 5.72. The monoisotopic (exact) mass is 291 g/mol. The third kappa shape index (κ3) is 3.20. The van der Waals surface area contributed by atoms with Crippen LogP contribution in [0.25, 0.3) is 0 Å². The van der Waals surface area contributed by atoms with Gasteiger partial charge in [0.25, 0.3) is 0 Å². The van der Waals surface area contributed by atoms with Crippen LogP contribution in [-0.2, 0) is 12.5 Å². The molecule has 0 radical (unpaired) electrons. The molecule has 2 nitrogen and oxygen atoms in total. The van der Waals surface area contributed by atoms with Crippen molar-refractivity contribution < 1.29 is 4.74 Å². The normalized spacial score (nSPS) is 9.95. The first-order valence-electron chi connectivity index (χ1n) is 5.70. The number of benzene rings is 2. The summed E-state index contributed by atoms with van der Waals surface area (Å²) in [6.07, 6.45) is 0. The summed E-state index contributed by atoms with van der Waals surface area (Å²) in [5.41, 5.74) is 2.26. The lowest BCUT2D eigenvalue weighted by molar-refractivity contribution is 0.303. The summed E-state index contributed by atoms with van der Waals surface area (Å²) in [5, 5.41) is 9.54. The molecule has 0 aromatic heterocycles. The quantitative estimate of drug-likeness (QED) is 0.776. The minimum absolute atomic E-state index is 0.289. The SMILES string of the molecule is N#Cc1ccccc1COc1c(Cl)cccc1CCl. The third-order valence-corrected chi connectivity index (χ3v) is 3.29. The van der Waals surface area contributed by atoms with Crippen molar-refractivity contribution in [2.45, 2.75) is 12.5 Å². The summed E-state index contributed by atoms with van der Waals surface area (Å²) in [7, 11) is 0. The van der Waals surface area contributed by atoms with E-state index < -0.39 is 0 Å². The molecule has 0 atom stereocenters. The van der Waals surface area contributed by atoms with E-state index in [4.69, 9.17) is 33.2 Å². The van der Waals surface area contributed by atoms with Crippen molar-refractivity contribution in [1.29, 1.82) is 5.26 Å². The van der Waals surface area contributed by atoms with Gasteiger partial charge in [0.05, 0.1) is 22.5 Å². The molecule has 0 aliphatic rings.